The molecule has 0 heterocycles. The third-order valence-corrected chi connectivity index (χ3v) is 1.17. The Morgan fingerprint density at radius 2 is 1.70 bits per heavy atom. The lowest BCUT2D eigenvalue weighted by Gasteiger charge is -2.13. The van der Waals surface area contributed by atoms with Crippen LogP contribution in [0.1, 0.15) is 34.1 Å². The number of hydrogen-bond acceptors (Lipinski definition) is 0. The van der Waals surface area contributed by atoms with Crippen molar-refractivity contribution < 1.29 is 0 Å². The third-order valence-electron chi connectivity index (χ3n) is 1.17. The lowest BCUT2D eigenvalue weighted by atomic mass is 9.92. The minimum absolute atomic E-state index is 0.429. The molecule has 0 bridgehead atoms. The molecule has 0 aliphatic heterocycles. The fourth-order valence-electron chi connectivity index (χ4n) is 0.611. The van der Waals surface area contributed by atoms with Crippen molar-refractivity contribution in [3.05, 3.63) is 24.3 Å². The molecule has 0 N–H and O–H groups in total. The summed E-state index contributed by atoms with van der Waals surface area (Å²) in [6.07, 6.45) is 9.56. The second kappa shape index (κ2) is 4.32. The third kappa shape index (κ3) is 7.48. The molecule has 0 rings (SSSR count). The molecular weight excluding hydrogens is 120 g/mol. The summed E-state index contributed by atoms with van der Waals surface area (Å²) >= 11 is 0. The molecule has 0 saturated carbocycles. The maximum Gasteiger partial charge on any atom is -0.0299 e. The van der Waals surface area contributed by atoms with Crippen LogP contribution in [0.3, 0.4) is 0 Å². The molecule has 0 aromatic heterocycles. The smallest absolute Gasteiger partial charge is 0.0299 e. The highest BCUT2D eigenvalue weighted by atomic mass is 14.1. The van der Waals surface area contributed by atoms with Crippen molar-refractivity contribution in [3.8, 4) is 0 Å². The van der Waals surface area contributed by atoms with Crippen LogP contribution in [0.5, 0.6) is 0 Å². The Labute approximate surface area is 64.6 Å². The van der Waals surface area contributed by atoms with Crippen molar-refractivity contribution in [2.45, 2.75) is 34.1 Å². The first-order chi connectivity index (χ1) is 4.56. The molecule has 0 unspecified atom stereocenters. The molecule has 10 heavy (non-hydrogen) atoms. The SMILES string of the molecule is C/C=C\C=C/CC(C)(C)C. The fraction of sp³-hybridized carbons (Fsp3) is 0.600. The van der Waals surface area contributed by atoms with Gasteiger partial charge in [-0.15, -0.1) is 0 Å². The van der Waals surface area contributed by atoms with Gasteiger partial charge in [-0.25, -0.2) is 0 Å². The van der Waals surface area contributed by atoms with Crippen LogP contribution in [0.15, 0.2) is 24.3 Å². The fourth-order valence-corrected chi connectivity index (χ4v) is 0.611. The van der Waals surface area contributed by atoms with Crippen LogP contribution in [0.2, 0.25) is 0 Å². The molecule has 0 aromatic carbocycles. The summed E-state index contributed by atoms with van der Waals surface area (Å²) in [5.74, 6) is 0. The van der Waals surface area contributed by atoms with Crippen molar-refractivity contribution in [3.63, 3.8) is 0 Å². The quantitative estimate of drug-likeness (QED) is 0.512. The first-order valence-corrected chi connectivity index (χ1v) is 3.84. The summed E-state index contributed by atoms with van der Waals surface area (Å²) in [6, 6.07) is 0. The Hall–Kier alpha value is -0.520. The average molecular weight is 138 g/mol. The van der Waals surface area contributed by atoms with E-state index in [2.05, 4.69) is 39.0 Å². The normalized spacial score (nSPS) is 13.6. The van der Waals surface area contributed by atoms with E-state index >= 15 is 0 Å². The van der Waals surface area contributed by atoms with E-state index in [-0.39, 0.29) is 0 Å². The Morgan fingerprint density at radius 3 is 2.10 bits per heavy atom. The van der Waals surface area contributed by atoms with E-state index in [0.717, 1.165) is 6.42 Å². The average Bonchev–Trinajstić information content (AvgIpc) is 1.78. The van der Waals surface area contributed by atoms with Crippen molar-refractivity contribution in [2.24, 2.45) is 5.41 Å². The molecule has 0 spiro atoms. The van der Waals surface area contributed by atoms with Gasteiger partial charge in [-0.3, -0.25) is 0 Å². The predicted molar refractivity (Wildman–Crippen MR) is 48.0 cm³/mol. The Bertz CT molecular complexity index is 121. The molecule has 58 valence electrons. The molecule has 0 atom stereocenters. The van der Waals surface area contributed by atoms with Gasteiger partial charge in [0.05, 0.1) is 0 Å². The molecule has 0 heteroatoms. The lowest BCUT2D eigenvalue weighted by molar-refractivity contribution is 0.420. The predicted octanol–water partition coefficient (Wildman–Crippen LogP) is 3.55. The Kier molecular flexibility index (Phi) is 4.10. The van der Waals surface area contributed by atoms with Gasteiger partial charge in [-0.2, -0.15) is 0 Å². The summed E-state index contributed by atoms with van der Waals surface area (Å²) in [5.41, 5.74) is 0.429. The molecule has 0 aliphatic carbocycles. The minimum Gasteiger partial charge on any atom is -0.0877 e. The monoisotopic (exact) mass is 138 g/mol. The standard InChI is InChI=1S/C10H18/c1-5-6-7-8-9-10(2,3)4/h5-8H,9H2,1-4H3/b6-5-,8-7-. The van der Waals surface area contributed by atoms with E-state index < -0.39 is 0 Å². The molecule has 0 amide bonds. The molecule has 0 fully saturated rings. The van der Waals surface area contributed by atoms with E-state index in [9.17, 15) is 0 Å². The summed E-state index contributed by atoms with van der Waals surface area (Å²) in [4.78, 5) is 0. The summed E-state index contributed by atoms with van der Waals surface area (Å²) in [7, 11) is 0. The van der Waals surface area contributed by atoms with Gasteiger partial charge in [0.15, 0.2) is 0 Å². The zero-order chi connectivity index (χ0) is 8.04. The van der Waals surface area contributed by atoms with Crippen molar-refractivity contribution in [1.82, 2.24) is 0 Å². The second-order valence-electron chi connectivity index (χ2n) is 3.72. The number of rotatable bonds is 2. The number of allylic oxidation sites excluding steroid dienone is 4. The van der Waals surface area contributed by atoms with Crippen LogP contribution in [0.25, 0.3) is 0 Å². The molecule has 0 radical (unpaired) electrons. The highest BCUT2D eigenvalue weighted by molar-refractivity contribution is 5.01. The summed E-state index contributed by atoms with van der Waals surface area (Å²) in [5, 5.41) is 0. The molecule has 0 nitrogen and oxygen atoms in total. The van der Waals surface area contributed by atoms with E-state index in [4.69, 9.17) is 0 Å². The van der Waals surface area contributed by atoms with Crippen LogP contribution in [0, 0.1) is 5.41 Å². The summed E-state index contributed by atoms with van der Waals surface area (Å²) < 4.78 is 0. The lowest BCUT2D eigenvalue weighted by Crippen LogP contribution is -2.01. The van der Waals surface area contributed by atoms with Gasteiger partial charge in [0.25, 0.3) is 0 Å². The maximum absolute atomic E-state index is 2.24. The zero-order valence-electron chi connectivity index (χ0n) is 7.52. The van der Waals surface area contributed by atoms with Gasteiger partial charge in [-0.1, -0.05) is 45.1 Å². The second-order valence-corrected chi connectivity index (χ2v) is 3.72. The molecule has 0 aliphatic rings. The number of hydrogen-bond donors (Lipinski definition) is 0. The zero-order valence-corrected chi connectivity index (χ0v) is 7.52. The highest BCUT2D eigenvalue weighted by Gasteiger charge is 2.05. The van der Waals surface area contributed by atoms with Gasteiger partial charge in [0.1, 0.15) is 0 Å². The summed E-state index contributed by atoms with van der Waals surface area (Å²) in [6.45, 7) is 8.76. The van der Waals surface area contributed by atoms with Gasteiger partial charge in [0.2, 0.25) is 0 Å². The largest absolute Gasteiger partial charge is 0.0877 e. The van der Waals surface area contributed by atoms with Gasteiger partial charge in [-0.05, 0) is 18.8 Å². The topological polar surface area (TPSA) is 0 Å². The Morgan fingerprint density at radius 1 is 1.10 bits per heavy atom. The maximum atomic E-state index is 2.24. The van der Waals surface area contributed by atoms with Crippen LogP contribution >= 0.6 is 0 Å². The van der Waals surface area contributed by atoms with Crippen molar-refractivity contribution in [1.29, 1.82) is 0 Å². The van der Waals surface area contributed by atoms with Gasteiger partial charge >= 0.3 is 0 Å². The highest BCUT2D eigenvalue weighted by Crippen LogP contribution is 2.18. The van der Waals surface area contributed by atoms with Crippen LogP contribution in [-0.4, -0.2) is 0 Å². The minimum atomic E-state index is 0.429. The molecular formula is C10H18. The van der Waals surface area contributed by atoms with Crippen LogP contribution in [0.4, 0.5) is 0 Å². The van der Waals surface area contributed by atoms with E-state index in [1.165, 1.54) is 0 Å². The molecule has 0 aromatic rings. The van der Waals surface area contributed by atoms with Crippen LogP contribution < -0.4 is 0 Å². The first kappa shape index (κ1) is 9.48. The van der Waals surface area contributed by atoms with Crippen molar-refractivity contribution >= 4 is 0 Å². The Balaban J connectivity index is 3.54. The van der Waals surface area contributed by atoms with Crippen molar-refractivity contribution in [2.75, 3.05) is 0 Å². The van der Waals surface area contributed by atoms with E-state index in [0.29, 0.717) is 5.41 Å². The first-order valence-electron chi connectivity index (χ1n) is 3.84. The van der Waals surface area contributed by atoms with Gasteiger partial charge < -0.3 is 0 Å². The van der Waals surface area contributed by atoms with E-state index in [1.54, 1.807) is 0 Å². The molecule has 0 saturated heterocycles. The van der Waals surface area contributed by atoms with E-state index in [1.807, 2.05) is 13.0 Å². The van der Waals surface area contributed by atoms with Crippen LogP contribution in [-0.2, 0) is 0 Å². The van der Waals surface area contributed by atoms with Gasteiger partial charge in [0, 0.05) is 0 Å².